The van der Waals surface area contributed by atoms with Crippen molar-refractivity contribution in [3.8, 4) is 17.0 Å². The average molecular weight is 329 g/mol. The zero-order valence-electron chi connectivity index (χ0n) is 14.3. The van der Waals surface area contributed by atoms with E-state index in [2.05, 4.69) is 42.2 Å². The zero-order chi connectivity index (χ0) is 17.6. The molecule has 0 radical (unpaired) electrons. The molecule has 3 nitrogen and oxygen atoms in total. The number of carbonyl (C=O) groups excluding carboxylic acids is 1. The molecule has 0 aliphatic carbocycles. The van der Waals surface area contributed by atoms with E-state index in [1.54, 1.807) is 12.1 Å². The lowest BCUT2D eigenvalue weighted by molar-refractivity contribution is 0.112. The second-order valence-electron chi connectivity index (χ2n) is 5.67. The Kier molecular flexibility index (Phi) is 5.05. The van der Waals surface area contributed by atoms with E-state index < -0.39 is 0 Å². The third kappa shape index (κ3) is 3.66. The molecule has 1 heterocycles. The van der Waals surface area contributed by atoms with E-state index in [1.165, 1.54) is 23.8 Å². The Labute approximate surface area is 147 Å². The van der Waals surface area contributed by atoms with Gasteiger partial charge in [-0.2, -0.15) is 0 Å². The highest BCUT2D eigenvalue weighted by Gasteiger charge is 2.05. The molecule has 3 heteroatoms. The third-order valence-electron chi connectivity index (χ3n) is 4.13. The maximum Gasteiger partial charge on any atom is 0.224 e. The van der Waals surface area contributed by atoms with Crippen LogP contribution in [0.15, 0.2) is 60.7 Å². The lowest BCUT2D eigenvalue weighted by atomic mass is 9.96. The predicted octanol–water partition coefficient (Wildman–Crippen LogP) is 5.05. The molecule has 3 rings (SSSR count). The van der Waals surface area contributed by atoms with E-state index >= 15 is 0 Å². The summed E-state index contributed by atoms with van der Waals surface area (Å²) < 4.78 is 5.15. The van der Waals surface area contributed by atoms with Crippen molar-refractivity contribution in [3.63, 3.8) is 0 Å². The number of hydrogen-bond donors (Lipinski definition) is 0. The molecular formula is C22H19NO2. The largest absolute Gasteiger partial charge is 0.480 e. The first-order chi connectivity index (χ1) is 12.2. The van der Waals surface area contributed by atoms with Gasteiger partial charge in [0.15, 0.2) is 6.29 Å². The molecule has 2 aromatic carbocycles. The maximum atomic E-state index is 11.0. The Morgan fingerprint density at radius 1 is 0.880 bits per heavy atom. The SMILES string of the molecule is COc1nc(/C=C/c2cccc(-c3ccccc3)c2C)ccc1C=O. The number of carbonyl (C=O) groups is 1. The van der Waals surface area contributed by atoms with Crippen LogP contribution in [0.1, 0.15) is 27.2 Å². The molecule has 0 atom stereocenters. The van der Waals surface area contributed by atoms with Crippen molar-refractivity contribution in [2.24, 2.45) is 0 Å². The standard InChI is InChI=1S/C22H19NO2/c1-16-17(9-6-10-21(16)18-7-4-3-5-8-18)11-13-20-14-12-19(15-24)22(23-20)25-2/h3-15H,1-2H3/b13-11+. The summed E-state index contributed by atoms with van der Waals surface area (Å²) in [4.78, 5) is 15.3. The Morgan fingerprint density at radius 2 is 1.68 bits per heavy atom. The van der Waals surface area contributed by atoms with E-state index in [-0.39, 0.29) is 0 Å². The van der Waals surface area contributed by atoms with Crippen molar-refractivity contribution < 1.29 is 9.53 Å². The number of ether oxygens (including phenoxy) is 1. The van der Waals surface area contributed by atoms with Crippen LogP contribution in [0.5, 0.6) is 5.88 Å². The van der Waals surface area contributed by atoms with Crippen molar-refractivity contribution in [1.29, 1.82) is 0 Å². The van der Waals surface area contributed by atoms with E-state index in [4.69, 9.17) is 4.74 Å². The monoisotopic (exact) mass is 329 g/mol. The van der Waals surface area contributed by atoms with Crippen LogP contribution < -0.4 is 4.74 Å². The summed E-state index contributed by atoms with van der Waals surface area (Å²) in [6, 6.07) is 20.1. The summed E-state index contributed by atoms with van der Waals surface area (Å²) in [5.41, 5.74) is 5.94. The fourth-order valence-corrected chi connectivity index (χ4v) is 2.75. The molecule has 0 spiro atoms. The first-order valence-corrected chi connectivity index (χ1v) is 8.06. The topological polar surface area (TPSA) is 39.2 Å². The van der Waals surface area contributed by atoms with Crippen molar-refractivity contribution in [3.05, 3.63) is 83.0 Å². The quantitative estimate of drug-likeness (QED) is 0.615. The van der Waals surface area contributed by atoms with Gasteiger partial charge in [0.05, 0.1) is 18.4 Å². The van der Waals surface area contributed by atoms with Crippen LogP contribution in [0, 0.1) is 6.92 Å². The van der Waals surface area contributed by atoms with Gasteiger partial charge in [-0.25, -0.2) is 4.98 Å². The van der Waals surface area contributed by atoms with Gasteiger partial charge in [-0.05, 0) is 47.4 Å². The van der Waals surface area contributed by atoms with E-state index in [0.29, 0.717) is 11.4 Å². The minimum absolute atomic E-state index is 0.340. The highest BCUT2D eigenvalue weighted by molar-refractivity contribution is 5.80. The second kappa shape index (κ2) is 7.58. The van der Waals surface area contributed by atoms with Gasteiger partial charge >= 0.3 is 0 Å². The highest BCUT2D eigenvalue weighted by Crippen LogP contribution is 2.26. The van der Waals surface area contributed by atoms with Crippen LogP contribution in [0.2, 0.25) is 0 Å². The fraction of sp³-hybridized carbons (Fsp3) is 0.0909. The van der Waals surface area contributed by atoms with Crippen molar-refractivity contribution in [2.75, 3.05) is 7.11 Å². The van der Waals surface area contributed by atoms with Crippen LogP contribution in [0.25, 0.3) is 23.3 Å². The molecule has 0 fully saturated rings. The molecule has 0 unspecified atom stereocenters. The number of aldehydes is 1. The van der Waals surface area contributed by atoms with Gasteiger partial charge in [0.2, 0.25) is 5.88 Å². The highest BCUT2D eigenvalue weighted by atomic mass is 16.5. The molecule has 1 aromatic heterocycles. The van der Waals surface area contributed by atoms with Gasteiger partial charge < -0.3 is 4.74 Å². The van der Waals surface area contributed by atoms with Crippen LogP contribution in [0.3, 0.4) is 0 Å². The Morgan fingerprint density at radius 3 is 2.40 bits per heavy atom. The summed E-state index contributed by atoms with van der Waals surface area (Å²) in [6.07, 6.45) is 4.70. The van der Waals surface area contributed by atoms with Gasteiger partial charge in [0, 0.05) is 0 Å². The minimum Gasteiger partial charge on any atom is -0.480 e. The lowest BCUT2D eigenvalue weighted by Crippen LogP contribution is -1.95. The van der Waals surface area contributed by atoms with Crippen molar-refractivity contribution >= 4 is 18.4 Å². The number of nitrogens with zero attached hydrogens (tertiary/aromatic N) is 1. The summed E-state index contributed by atoms with van der Waals surface area (Å²) >= 11 is 0. The van der Waals surface area contributed by atoms with Crippen LogP contribution in [-0.4, -0.2) is 18.4 Å². The molecule has 0 N–H and O–H groups in total. The number of hydrogen-bond acceptors (Lipinski definition) is 3. The van der Waals surface area contributed by atoms with E-state index in [1.807, 2.05) is 30.4 Å². The molecule has 25 heavy (non-hydrogen) atoms. The van der Waals surface area contributed by atoms with Gasteiger partial charge in [-0.15, -0.1) is 0 Å². The van der Waals surface area contributed by atoms with Gasteiger partial charge in [-0.1, -0.05) is 54.6 Å². The Balaban J connectivity index is 1.93. The Hall–Kier alpha value is -3.20. The summed E-state index contributed by atoms with van der Waals surface area (Å²) in [5, 5.41) is 0. The van der Waals surface area contributed by atoms with E-state index in [9.17, 15) is 4.79 Å². The normalized spacial score (nSPS) is 10.8. The van der Waals surface area contributed by atoms with Crippen molar-refractivity contribution in [1.82, 2.24) is 4.98 Å². The maximum absolute atomic E-state index is 11.0. The molecule has 0 saturated heterocycles. The van der Waals surface area contributed by atoms with Gasteiger partial charge in [0.25, 0.3) is 0 Å². The second-order valence-corrected chi connectivity index (χ2v) is 5.67. The molecule has 0 saturated carbocycles. The van der Waals surface area contributed by atoms with Crippen LogP contribution in [0.4, 0.5) is 0 Å². The molecule has 0 aliphatic rings. The van der Waals surface area contributed by atoms with Crippen LogP contribution in [-0.2, 0) is 0 Å². The molecule has 0 aliphatic heterocycles. The summed E-state index contributed by atoms with van der Waals surface area (Å²) in [5.74, 6) is 0.340. The molecule has 3 aromatic rings. The summed E-state index contributed by atoms with van der Waals surface area (Å²) in [6.45, 7) is 2.12. The third-order valence-corrected chi connectivity index (χ3v) is 4.13. The molecule has 0 amide bonds. The van der Waals surface area contributed by atoms with Gasteiger partial charge in [-0.3, -0.25) is 4.79 Å². The van der Waals surface area contributed by atoms with Crippen LogP contribution >= 0.6 is 0 Å². The van der Waals surface area contributed by atoms with Gasteiger partial charge in [0.1, 0.15) is 0 Å². The number of aromatic nitrogens is 1. The number of methoxy groups -OCH3 is 1. The molecular weight excluding hydrogens is 310 g/mol. The zero-order valence-corrected chi connectivity index (χ0v) is 14.3. The number of pyridine rings is 1. The predicted molar refractivity (Wildman–Crippen MR) is 102 cm³/mol. The smallest absolute Gasteiger partial charge is 0.224 e. The number of benzene rings is 2. The molecule has 124 valence electrons. The Bertz CT molecular complexity index is 915. The van der Waals surface area contributed by atoms with E-state index in [0.717, 1.165) is 17.5 Å². The average Bonchev–Trinajstić information content (AvgIpc) is 2.67. The van der Waals surface area contributed by atoms with Crippen molar-refractivity contribution in [2.45, 2.75) is 6.92 Å². The lowest BCUT2D eigenvalue weighted by Gasteiger charge is -2.09. The fourth-order valence-electron chi connectivity index (χ4n) is 2.75. The summed E-state index contributed by atoms with van der Waals surface area (Å²) in [7, 11) is 1.51. The molecule has 0 bridgehead atoms. The first kappa shape index (κ1) is 16.7. The minimum atomic E-state index is 0.340. The number of rotatable bonds is 5. The first-order valence-electron chi connectivity index (χ1n) is 8.06.